The second-order valence-electron chi connectivity index (χ2n) is 9.04. The Kier molecular flexibility index (Phi) is 7.20. The quantitative estimate of drug-likeness (QED) is 0.341. The lowest BCUT2D eigenvalue weighted by atomic mass is 10.0. The molecule has 2 heterocycles. The number of amides is 1. The molecule has 1 N–H and O–H groups in total. The molecule has 35 heavy (non-hydrogen) atoms. The fourth-order valence-corrected chi connectivity index (χ4v) is 4.80. The van der Waals surface area contributed by atoms with Gasteiger partial charge in [-0.15, -0.1) is 0 Å². The number of nitrogens with zero attached hydrogens (tertiary/aromatic N) is 4. The van der Waals surface area contributed by atoms with E-state index in [-0.39, 0.29) is 5.91 Å². The Morgan fingerprint density at radius 1 is 0.971 bits per heavy atom. The average molecular weight is 470 g/mol. The molecule has 0 spiro atoms. The first kappa shape index (κ1) is 24.5. The lowest BCUT2D eigenvalue weighted by Crippen LogP contribution is -2.22. The fourth-order valence-electron chi connectivity index (χ4n) is 4.80. The summed E-state index contributed by atoms with van der Waals surface area (Å²) in [6, 6.07) is 16.5. The van der Waals surface area contributed by atoms with Crippen molar-refractivity contribution in [3.05, 3.63) is 76.7 Å². The number of hydrogen-bond donors (Lipinski definition) is 1. The summed E-state index contributed by atoms with van der Waals surface area (Å²) < 4.78 is 1.92. The van der Waals surface area contributed by atoms with Crippen LogP contribution in [-0.4, -0.2) is 33.6 Å². The predicted octanol–water partition coefficient (Wildman–Crippen LogP) is 6.05. The van der Waals surface area contributed by atoms with Crippen LogP contribution < -0.4 is 10.2 Å². The summed E-state index contributed by atoms with van der Waals surface area (Å²) >= 11 is 0. The minimum absolute atomic E-state index is 0.00389. The Bertz CT molecular complexity index is 1350. The van der Waals surface area contributed by atoms with Gasteiger partial charge in [0.15, 0.2) is 5.65 Å². The number of nitrogens with one attached hydrogen (secondary N) is 1. The zero-order valence-corrected chi connectivity index (χ0v) is 21.6. The van der Waals surface area contributed by atoms with Crippen LogP contribution in [0, 0.1) is 27.7 Å². The Morgan fingerprint density at radius 3 is 2.34 bits per heavy atom. The maximum Gasteiger partial charge on any atom is 0.224 e. The van der Waals surface area contributed by atoms with E-state index in [1.165, 1.54) is 5.69 Å². The number of rotatable bonds is 8. The van der Waals surface area contributed by atoms with Gasteiger partial charge in [-0.05, 0) is 82.9 Å². The van der Waals surface area contributed by atoms with E-state index in [0.717, 1.165) is 63.8 Å². The van der Waals surface area contributed by atoms with E-state index in [0.29, 0.717) is 12.8 Å². The number of fused-ring (bicyclic) bond motifs is 1. The maximum absolute atomic E-state index is 12.8. The van der Waals surface area contributed by atoms with Crippen molar-refractivity contribution in [1.29, 1.82) is 0 Å². The molecule has 6 heteroatoms. The van der Waals surface area contributed by atoms with Crippen molar-refractivity contribution in [1.82, 2.24) is 14.6 Å². The molecule has 2 aromatic heterocycles. The van der Waals surface area contributed by atoms with Crippen LogP contribution >= 0.6 is 0 Å². The first-order valence-corrected chi connectivity index (χ1v) is 12.4. The number of aromatic nitrogens is 3. The van der Waals surface area contributed by atoms with Gasteiger partial charge in [0.05, 0.1) is 5.69 Å². The molecule has 0 fully saturated rings. The van der Waals surface area contributed by atoms with Crippen molar-refractivity contribution in [3.63, 3.8) is 0 Å². The number of aryl methyl sites for hydroxylation is 4. The SMILES string of the molecule is CCN(CC)c1ccc(NC(=O)CCc2c(C)nc3c(-c4ccccc4)c(C)nn3c2C)c(C)c1. The number of anilines is 2. The standard InChI is InChI=1S/C29H35N5O/c1-7-33(8-2)24-14-16-26(19(3)18-24)31-27(35)17-15-25-20(4)30-29-28(23-12-10-9-11-13-23)21(5)32-34(29)22(25)6/h9-14,16,18H,7-8,15,17H2,1-6H3,(H,31,35). The van der Waals surface area contributed by atoms with Crippen LogP contribution in [-0.2, 0) is 11.2 Å². The van der Waals surface area contributed by atoms with E-state index in [1.54, 1.807) is 0 Å². The molecule has 6 nitrogen and oxygen atoms in total. The van der Waals surface area contributed by atoms with E-state index >= 15 is 0 Å². The van der Waals surface area contributed by atoms with E-state index in [9.17, 15) is 4.79 Å². The summed E-state index contributed by atoms with van der Waals surface area (Å²) in [7, 11) is 0. The number of carbonyl (C=O) groups is 1. The summed E-state index contributed by atoms with van der Waals surface area (Å²) in [6.07, 6.45) is 1.00. The van der Waals surface area contributed by atoms with Gasteiger partial charge in [0.1, 0.15) is 0 Å². The summed E-state index contributed by atoms with van der Waals surface area (Å²) in [5, 5.41) is 7.88. The van der Waals surface area contributed by atoms with Gasteiger partial charge in [-0.3, -0.25) is 4.79 Å². The zero-order valence-electron chi connectivity index (χ0n) is 21.6. The minimum Gasteiger partial charge on any atom is -0.372 e. The van der Waals surface area contributed by atoms with Crippen LogP contribution in [0.1, 0.15) is 48.5 Å². The predicted molar refractivity (Wildman–Crippen MR) is 144 cm³/mol. The molecule has 4 rings (SSSR count). The lowest BCUT2D eigenvalue weighted by molar-refractivity contribution is -0.116. The molecule has 0 aliphatic heterocycles. The largest absolute Gasteiger partial charge is 0.372 e. The van der Waals surface area contributed by atoms with E-state index in [2.05, 4.69) is 55.3 Å². The van der Waals surface area contributed by atoms with Crippen molar-refractivity contribution >= 4 is 22.9 Å². The Hall–Kier alpha value is -3.67. The Labute approximate surface area is 208 Å². The molecule has 182 valence electrons. The van der Waals surface area contributed by atoms with Crippen LogP contribution in [0.5, 0.6) is 0 Å². The molecule has 0 atom stereocenters. The van der Waals surface area contributed by atoms with Crippen molar-refractivity contribution in [2.75, 3.05) is 23.3 Å². The van der Waals surface area contributed by atoms with E-state index in [4.69, 9.17) is 10.1 Å². The lowest BCUT2D eigenvalue weighted by Gasteiger charge is -2.22. The monoisotopic (exact) mass is 469 g/mol. The topological polar surface area (TPSA) is 62.5 Å². The van der Waals surface area contributed by atoms with Gasteiger partial charge in [-0.25, -0.2) is 9.50 Å². The van der Waals surface area contributed by atoms with Gasteiger partial charge in [-0.2, -0.15) is 5.10 Å². The molecule has 0 saturated heterocycles. The molecule has 0 bridgehead atoms. The molecule has 1 amide bonds. The zero-order chi connectivity index (χ0) is 25.1. The molecule has 0 unspecified atom stereocenters. The van der Waals surface area contributed by atoms with Crippen LogP contribution in [0.4, 0.5) is 11.4 Å². The minimum atomic E-state index is 0.00389. The highest BCUT2D eigenvalue weighted by Gasteiger charge is 2.18. The summed E-state index contributed by atoms with van der Waals surface area (Å²) in [5.41, 5.74) is 10.1. The number of hydrogen-bond acceptors (Lipinski definition) is 4. The van der Waals surface area contributed by atoms with Gasteiger partial charge < -0.3 is 10.2 Å². The highest BCUT2D eigenvalue weighted by Crippen LogP contribution is 2.29. The first-order valence-electron chi connectivity index (χ1n) is 12.4. The number of carbonyl (C=O) groups excluding carboxylic acids is 1. The summed E-state index contributed by atoms with van der Waals surface area (Å²) in [4.78, 5) is 20.0. The van der Waals surface area contributed by atoms with Crippen LogP contribution in [0.15, 0.2) is 48.5 Å². The normalized spacial score (nSPS) is 11.1. The van der Waals surface area contributed by atoms with Crippen molar-refractivity contribution in [2.24, 2.45) is 0 Å². The Morgan fingerprint density at radius 2 is 1.69 bits per heavy atom. The third-order valence-electron chi connectivity index (χ3n) is 6.78. The first-order chi connectivity index (χ1) is 16.8. The van der Waals surface area contributed by atoms with Crippen LogP contribution in [0.25, 0.3) is 16.8 Å². The van der Waals surface area contributed by atoms with E-state index < -0.39 is 0 Å². The average Bonchev–Trinajstić information content (AvgIpc) is 3.17. The molecule has 2 aromatic carbocycles. The highest BCUT2D eigenvalue weighted by atomic mass is 16.1. The molecule has 0 radical (unpaired) electrons. The smallest absolute Gasteiger partial charge is 0.224 e. The van der Waals surface area contributed by atoms with Crippen molar-refractivity contribution < 1.29 is 4.79 Å². The third-order valence-corrected chi connectivity index (χ3v) is 6.78. The van der Waals surface area contributed by atoms with Crippen LogP contribution in [0.2, 0.25) is 0 Å². The summed E-state index contributed by atoms with van der Waals surface area (Å²) in [6.45, 7) is 14.4. The fraction of sp³-hybridized carbons (Fsp3) is 0.345. The maximum atomic E-state index is 12.8. The second-order valence-corrected chi connectivity index (χ2v) is 9.04. The molecule has 4 aromatic rings. The van der Waals surface area contributed by atoms with Gasteiger partial charge in [0, 0.05) is 47.8 Å². The molecule has 0 saturated carbocycles. The van der Waals surface area contributed by atoms with Gasteiger partial charge in [0.2, 0.25) is 5.91 Å². The number of benzene rings is 2. The van der Waals surface area contributed by atoms with Crippen molar-refractivity contribution in [2.45, 2.75) is 54.4 Å². The van der Waals surface area contributed by atoms with Gasteiger partial charge in [0.25, 0.3) is 0 Å². The molecule has 0 aliphatic rings. The van der Waals surface area contributed by atoms with Crippen LogP contribution in [0.3, 0.4) is 0 Å². The third kappa shape index (κ3) is 4.92. The Balaban J connectivity index is 1.52. The second kappa shape index (κ2) is 10.3. The highest BCUT2D eigenvalue weighted by molar-refractivity contribution is 5.92. The molecular formula is C29H35N5O. The van der Waals surface area contributed by atoms with Crippen molar-refractivity contribution in [3.8, 4) is 11.1 Å². The summed E-state index contributed by atoms with van der Waals surface area (Å²) in [5.74, 6) is 0.00389. The van der Waals surface area contributed by atoms with E-state index in [1.807, 2.05) is 49.6 Å². The van der Waals surface area contributed by atoms with Gasteiger partial charge in [-0.1, -0.05) is 30.3 Å². The van der Waals surface area contributed by atoms with Gasteiger partial charge >= 0.3 is 0 Å². The molecule has 0 aliphatic carbocycles. The molecular weight excluding hydrogens is 434 g/mol.